The Hall–Kier alpha value is -0.550. The molecule has 0 radical (unpaired) electrons. The van der Waals surface area contributed by atoms with Crippen LogP contribution in [-0.4, -0.2) is 28.6 Å². The van der Waals surface area contributed by atoms with Gasteiger partial charge in [0.1, 0.15) is 6.10 Å². The maximum Gasteiger partial charge on any atom is 0.105 e. The average Bonchev–Trinajstić information content (AvgIpc) is 2.29. The Kier molecular flexibility index (Phi) is 5.84. The van der Waals surface area contributed by atoms with Gasteiger partial charge in [-0.3, -0.25) is 0 Å². The molecule has 2 atom stereocenters. The van der Waals surface area contributed by atoms with Gasteiger partial charge in [0, 0.05) is 0 Å². The number of rotatable bonds is 6. The summed E-state index contributed by atoms with van der Waals surface area (Å²) in [6, 6.07) is 7.54. The van der Waals surface area contributed by atoms with E-state index in [1.165, 1.54) is 0 Å². The first kappa shape index (κ1) is 13.5. The van der Waals surface area contributed by atoms with E-state index in [1.807, 2.05) is 24.3 Å². The molecule has 0 aromatic heterocycles. The second-order valence-corrected chi connectivity index (χ2v) is 4.26. The number of thiol groups is 1. The zero-order valence-corrected chi connectivity index (χ0v) is 10.1. The minimum Gasteiger partial charge on any atom is -0.390 e. The molecule has 0 bridgehead atoms. The van der Waals surface area contributed by atoms with Gasteiger partial charge in [-0.25, -0.2) is 0 Å². The number of benzene rings is 1. The quantitative estimate of drug-likeness (QED) is 0.560. The predicted molar refractivity (Wildman–Crippen MR) is 68.6 cm³/mol. The SMILES string of the molecule is NCCc1cccc(C(O)C(O)CCS)c1. The van der Waals surface area contributed by atoms with Crippen molar-refractivity contribution >= 4 is 12.6 Å². The van der Waals surface area contributed by atoms with Crippen LogP contribution in [0.15, 0.2) is 24.3 Å². The molecule has 2 unspecified atom stereocenters. The maximum absolute atomic E-state index is 9.90. The first-order chi connectivity index (χ1) is 7.69. The number of hydrogen-bond acceptors (Lipinski definition) is 4. The monoisotopic (exact) mass is 241 g/mol. The second-order valence-electron chi connectivity index (χ2n) is 3.81. The summed E-state index contributed by atoms with van der Waals surface area (Å²) in [5.41, 5.74) is 7.29. The number of nitrogens with two attached hydrogens (primary N) is 1. The van der Waals surface area contributed by atoms with Crippen LogP contribution in [0.1, 0.15) is 23.7 Å². The molecule has 0 amide bonds. The van der Waals surface area contributed by atoms with Crippen molar-refractivity contribution in [3.63, 3.8) is 0 Å². The molecule has 0 heterocycles. The fourth-order valence-electron chi connectivity index (χ4n) is 1.61. The first-order valence-corrected chi connectivity index (χ1v) is 6.08. The summed E-state index contributed by atoms with van der Waals surface area (Å²) in [4.78, 5) is 0. The van der Waals surface area contributed by atoms with E-state index in [0.29, 0.717) is 18.7 Å². The van der Waals surface area contributed by atoms with Crippen LogP contribution < -0.4 is 5.73 Å². The van der Waals surface area contributed by atoms with Crippen molar-refractivity contribution in [2.24, 2.45) is 5.73 Å². The van der Waals surface area contributed by atoms with Crippen LogP contribution in [0.2, 0.25) is 0 Å². The second kappa shape index (κ2) is 6.91. The fraction of sp³-hybridized carbons (Fsp3) is 0.500. The largest absolute Gasteiger partial charge is 0.390 e. The maximum atomic E-state index is 9.90. The van der Waals surface area contributed by atoms with Gasteiger partial charge in [-0.1, -0.05) is 24.3 Å². The molecule has 0 saturated heterocycles. The van der Waals surface area contributed by atoms with Crippen molar-refractivity contribution in [1.82, 2.24) is 0 Å². The lowest BCUT2D eigenvalue weighted by Gasteiger charge is -2.18. The minimum absolute atomic E-state index is 0.478. The van der Waals surface area contributed by atoms with Crippen LogP contribution in [0.25, 0.3) is 0 Å². The summed E-state index contributed by atoms with van der Waals surface area (Å²) in [6.45, 7) is 0.582. The lowest BCUT2D eigenvalue weighted by molar-refractivity contribution is 0.0172. The molecule has 0 spiro atoms. The molecule has 90 valence electrons. The van der Waals surface area contributed by atoms with Gasteiger partial charge in [-0.05, 0) is 36.3 Å². The lowest BCUT2D eigenvalue weighted by atomic mass is 9.99. The predicted octanol–water partition coefficient (Wildman–Crippen LogP) is 0.902. The van der Waals surface area contributed by atoms with Crippen molar-refractivity contribution in [2.45, 2.75) is 25.0 Å². The molecule has 0 aliphatic rings. The molecule has 1 aromatic carbocycles. The van der Waals surface area contributed by atoms with Gasteiger partial charge < -0.3 is 15.9 Å². The van der Waals surface area contributed by atoms with Crippen LogP contribution in [-0.2, 0) is 6.42 Å². The molecule has 0 aliphatic carbocycles. The minimum atomic E-state index is -0.843. The summed E-state index contributed by atoms with van der Waals surface area (Å²) in [5, 5.41) is 19.6. The van der Waals surface area contributed by atoms with Gasteiger partial charge in [0.05, 0.1) is 6.10 Å². The Bertz CT molecular complexity index is 320. The van der Waals surface area contributed by atoms with E-state index in [0.717, 1.165) is 17.5 Å². The van der Waals surface area contributed by atoms with Gasteiger partial charge in [-0.15, -0.1) is 0 Å². The van der Waals surface area contributed by atoms with E-state index in [1.54, 1.807) is 0 Å². The molecule has 0 aliphatic heterocycles. The van der Waals surface area contributed by atoms with E-state index in [-0.39, 0.29) is 0 Å². The van der Waals surface area contributed by atoms with Crippen molar-refractivity contribution in [1.29, 1.82) is 0 Å². The van der Waals surface area contributed by atoms with Crippen molar-refractivity contribution in [3.05, 3.63) is 35.4 Å². The van der Waals surface area contributed by atoms with Crippen LogP contribution in [0, 0.1) is 0 Å². The van der Waals surface area contributed by atoms with E-state index in [2.05, 4.69) is 12.6 Å². The van der Waals surface area contributed by atoms with Crippen LogP contribution in [0.5, 0.6) is 0 Å². The zero-order valence-electron chi connectivity index (χ0n) is 9.21. The summed E-state index contributed by atoms with van der Waals surface area (Å²) in [5.74, 6) is 0.556. The Balaban J connectivity index is 2.74. The zero-order chi connectivity index (χ0) is 12.0. The Morgan fingerprint density at radius 3 is 2.69 bits per heavy atom. The van der Waals surface area contributed by atoms with Gasteiger partial charge in [-0.2, -0.15) is 12.6 Å². The topological polar surface area (TPSA) is 66.5 Å². The highest BCUT2D eigenvalue weighted by molar-refractivity contribution is 7.80. The third kappa shape index (κ3) is 3.79. The summed E-state index contributed by atoms with van der Waals surface area (Å²) in [6.07, 6.45) is -0.343. The van der Waals surface area contributed by atoms with Crippen LogP contribution in [0.4, 0.5) is 0 Å². The number of aliphatic hydroxyl groups excluding tert-OH is 2. The van der Waals surface area contributed by atoms with Crippen molar-refractivity contribution in [2.75, 3.05) is 12.3 Å². The Morgan fingerprint density at radius 2 is 2.06 bits per heavy atom. The highest BCUT2D eigenvalue weighted by Crippen LogP contribution is 2.20. The number of hydrogen-bond donors (Lipinski definition) is 4. The average molecular weight is 241 g/mol. The molecule has 16 heavy (non-hydrogen) atoms. The fourth-order valence-corrected chi connectivity index (χ4v) is 1.88. The summed E-state index contributed by atoms with van der Waals surface area (Å²) < 4.78 is 0. The molecule has 4 heteroatoms. The van der Waals surface area contributed by atoms with E-state index in [4.69, 9.17) is 5.73 Å². The van der Waals surface area contributed by atoms with Crippen LogP contribution in [0.3, 0.4) is 0 Å². The van der Waals surface area contributed by atoms with Crippen molar-refractivity contribution < 1.29 is 10.2 Å². The molecule has 0 saturated carbocycles. The van der Waals surface area contributed by atoms with E-state index in [9.17, 15) is 10.2 Å². The standard InChI is InChI=1S/C12H19NO2S/c13-6-4-9-2-1-3-10(8-9)12(15)11(14)5-7-16/h1-3,8,11-12,14-16H,4-7,13H2. The summed E-state index contributed by atoms with van der Waals surface area (Å²) >= 11 is 4.03. The van der Waals surface area contributed by atoms with Gasteiger partial charge in [0.25, 0.3) is 0 Å². The smallest absolute Gasteiger partial charge is 0.105 e. The van der Waals surface area contributed by atoms with E-state index >= 15 is 0 Å². The molecule has 3 nitrogen and oxygen atoms in total. The van der Waals surface area contributed by atoms with E-state index < -0.39 is 12.2 Å². The van der Waals surface area contributed by atoms with Gasteiger partial charge in [0.15, 0.2) is 0 Å². The van der Waals surface area contributed by atoms with Gasteiger partial charge in [0.2, 0.25) is 0 Å². The highest BCUT2D eigenvalue weighted by atomic mass is 32.1. The van der Waals surface area contributed by atoms with Crippen molar-refractivity contribution in [3.8, 4) is 0 Å². The third-order valence-electron chi connectivity index (χ3n) is 2.51. The molecule has 1 rings (SSSR count). The highest BCUT2D eigenvalue weighted by Gasteiger charge is 2.17. The normalized spacial score (nSPS) is 14.8. The van der Waals surface area contributed by atoms with Crippen LogP contribution >= 0.6 is 12.6 Å². The third-order valence-corrected chi connectivity index (χ3v) is 2.77. The number of aliphatic hydroxyl groups is 2. The summed E-state index contributed by atoms with van der Waals surface area (Å²) in [7, 11) is 0. The first-order valence-electron chi connectivity index (χ1n) is 5.45. The lowest BCUT2D eigenvalue weighted by Crippen LogP contribution is -2.18. The Morgan fingerprint density at radius 1 is 1.31 bits per heavy atom. The molecule has 4 N–H and O–H groups in total. The molecule has 1 aromatic rings. The molecular weight excluding hydrogens is 222 g/mol. The Labute approximate surface area is 102 Å². The van der Waals surface area contributed by atoms with Gasteiger partial charge >= 0.3 is 0 Å². The molecular formula is C12H19NO2S. The molecule has 0 fully saturated rings.